The average Bonchev–Trinajstić information content (AvgIpc) is 2.88. The normalized spacial score (nSPS) is 20.5. The number of aromatic nitrogens is 2. The summed E-state index contributed by atoms with van der Waals surface area (Å²) < 4.78 is 0. The van der Waals surface area contributed by atoms with Gasteiger partial charge >= 0.3 is 5.97 Å². The molecule has 0 saturated carbocycles. The van der Waals surface area contributed by atoms with E-state index in [9.17, 15) is 9.59 Å². The van der Waals surface area contributed by atoms with Gasteiger partial charge in [-0.25, -0.2) is 9.78 Å². The maximum Gasteiger partial charge on any atom is 0.327 e. The van der Waals surface area contributed by atoms with Crippen molar-refractivity contribution in [1.29, 1.82) is 0 Å². The number of H-pyrrole nitrogens is 1. The van der Waals surface area contributed by atoms with E-state index in [4.69, 9.17) is 5.11 Å². The predicted octanol–water partition coefficient (Wildman–Crippen LogP) is 0.00940. The van der Waals surface area contributed by atoms with Gasteiger partial charge in [-0.3, -0.25) is 4.79 Å². The highest BCUT2D eigenvalue weighted by atomic mass is 32.2. The fourth-order valence-corrected chi connectivity index (χ4v) is 2.52. The maximum absolute atomic E-state index is 11.8. The van der Waals surface area contributed by atoms with Crippen molar-refractivity contribution in [2.24, 2.45) is 0 Å². The van der Waals surface area contributed by atoms with E-state index in [2.05, 4.69) is 9.97 Å². The van der Waals surface area contributed by atoms with Crippen molar-refractivity contribution >= 4 is 23.6 Å². The van der Waals surface area contributed by atoms with Crippen molar-refractivity contribution in [3.63, 3.8) is 0 Å². The number of carbonyl (C=O) groups excluding carboxylic acids is 1. The van der Waals surface area contributed by atoms with Crippen molar-refractivity contribution in [2.75, 3.05) is 11.6 Å². The molecule has 15 heavy (non-hydrogen) atoms. The first kappa shape index (κ1) is 10.0. The lowest BCUT2D eigenvalue weighted by Crippen LogP contribution is -2.41. The summed E-state index contributed by atoms with van der Waals surface area (Å²) in [5.41, 5.74) is 0.323. The Bertz CT molecular complexity index is 378. The monoisotopic (exact) mass is 227 g/mol. The molecule has 1 aliphatic rings. The number of thioether (sulfide) groups is 1. The van der Waals surface area contributed by atoms with E-state index in [1.165, 1.54) is 29.2 Å². The van der Waals surface area contributed by atoms with Gasteiger partial charge in [-0.15, -0.1) is 11.8 Å². The van der Waals surface area contributed by atoms with Crippen LogP contribution in [0.15, 0.2) is 12.5 Å². The summed E-state index contributed by atoms with van der Waals surface area (Å²) in [5.74, 6) is -0.429. The smallest absolute Gasteiger partial charge is 0.327 e. The number of nitrogens with one attached hydrogen (secondary N) is 1. The topological polar surface area (TPSA) is 86.3 Å². The number of carboxylic acids is 1. The van der Waals surface area contributed by atoms with Crippen molar-refractivity contribution < 1.29 is 14.7 Å². The Balaban J connectivity index is 2.17. The summed E-state index contributed by atoms with van der Waals surface area (Å²) in [7, 11) is 0. The minimum atomic E-state index is -0.965. The summed E-state index contributed by atoms with van der Waals surface area (Å²) in [6.45, 7) is 0. The highest BCUT2D eigenvalue weighted by Gasteiger charge is 2.35. The molecule has 0 aliphatic carbocycles. The largest absolute Gasteiger partial charge is 0.480 e. The Morgan fingerprint density at radius 3 is 3.07 bits per heavy atom. The standard InChI is InChI=1S/C8H9N3O3S/c12-7(5-1-9-3-10-5)11-4-15-2-6(11)8(13)14/h1,3,6H,2,4H2,(H,9,10)(H,13,14). The van der Waals surface area contributed by atoms with Crippen molar-refractivity contribution in [3.05, 3.63) is 18.2 Å². The van der Waals surface area contributed by atoms with E-state index in [1.54, 1.807) is 0 Å². The molecule has 2 N–H and O–H groups in total. The lowest BCUT2D eigenvalue weighted by Gasteiger charge is -2.19. The lowest BCUT2D eigenvalue weighted by atomic mass is 10.3. The molecule has 1 aromatic rings. The molecular formula is C8H9N3O3S. The lowest BCUT2D eigenvalue weighted by molar-refractivity contribution is -0.140. The molecule has 2 heterocycles. The van der Waals surface area contributed by atoms with Crippen molar-refractivity contribution in [3.8, 4) is 0 Å². The maximum atomic E-state index is 11.8. The number of carboxylic acid groups (broad SMARTS) is 1. The van der Waals surface area contributed by atoms with Crippen LogP contribution in [0, 0.1) is 0 Å². The number of imidazole rings is 1. The van der Waals surface area contributed by atoms with Crippen molar-refractivity contribution in [2.45, 2.75) is 6.04 Å². The number of aromatic amines is 1. The molecule has 80 valence electrons. The van der Waals surface area contributed by atoms with Crippen LogP contribution in [0.1, 0.15) is 10.5 Å². The summed E-state index contributed by atoms with van der Waals surface area (Å²) in [6, 6.07) is -0.731. The van der Waals surface area contributed by atoms with Gasteiger partial charge in [0.05, 0.1) is 18.4 Å². The summed E-state index contributed by atoms with van der Waals surface area (Å²) >= 11 is 1.43. The van der Waals surface area contributed by atoms with Crippen LogP contribution >= 0.6 is 11.8 Å². The van der Waals surface area contributed by atoms with Gasteiger partial charge in [-0.1, -0.05) is 0 Å². The quantitative estimate of drug-likeness (QED) is 0.743. The van der Waals surface area contributed by atoms with Gasteiger partial charge in [-0.2, -0.15) is 0 Å². The van der Waals surface area contributed by atoms with Crippen molar-refractivity contribution in [1.82, 2.24) is 14.9 Å². The van der Waals surface area contributed by atoms with Gasteiger partial charge in [0.15, 0.2) is 0 Å². The molecule has 2 rings (SSSR count). The molecule has 1 fully saturated rings. The fourth-order valence-electron chi connectivity index (χ4n) is 1.37. The molecule has 7 heteroatoms. The van der Waals surface area contributed by atoms with Gasteiger partial charge in [0, 0.05) is 5.75 Å². The van der Waals surface area contributed by atoms with Gasteiger partial charge in [-0.05, 0) is 0 Å². The minimum Gasteiger partial charge on any atom is -0.480 e. The summed E-state index contributed by atoms with van der Waals surface area (Å²) in [5, 5.41) is 8.90. The molecular weight excluding hydrogens is 218 g/mol. The molecule has 1 unspecified atom stereocenters. The van der Waals surface area contributed by atoms with E-state index >= 15 is 0 Å². The number of hydrogen-bond donors (Lipinski definition) is 2. The second kappa shape index (κ2) is 3.93. The molecule has 1 aromatic heterocycles. The van der Waals surface area contributed by atoms with Crippen LogP contribution in [0.2, 0.25) is 0 Å². The Morgan fingerprint density at radius 2 is 2.47 bits per heavy atom. The second-order valence-corrected chi connectivity index (χ2v) is 4.09. The Hall–Kier alpha value is -1.50. The third kappa shape index (κ3) is 1.82. The van der Waals surface area contributed by atoms with Gasteiger partial charge in [0.2, 0.25) is 0 Å². The third-order valence-corrected chi connectivity index (χ3v) is 3.17. The molecule has 1 amide bonds. The van der Waals surface area contributed by atoms with Crippen LogP contribution in [0.4, 0.5) is 0 Å². The SMILES string of the molecule is O=C(O)C1CSCN1C(=O)c1cnc[nH]1. The Labute approximate surface area is 89.7 Å². The Kier molecular flexibility index (Phi) is 2.63. The first-order valence-electron chi connectivity index (χ1n) is 4.30. The number of nitrogens with zero attached hydrogens (tertiary/aromatic N) is 2. The van der Waals surface area contributed by atoms with E-state index in [1.807, 2.05) is 0 Å². The predicted molar refractivity (Wildman–Crippen MR) is 53.5 cm³/mol. The molecule has 1 aliphatic heterocycles. The van der Waals surface area contributed by atoms with Crippen LogP contribution < -0.4 is 0 Å². The van der Waals surface area contributed by atoms with Crippen LogP contribution in [0.3, 0.4) is 0 Å². The van der Waals surface area contributed by atoms with E-state index in [0.717, 1.165) is 0 Å². The van der Waals surface area contributed by atoms with Gasteiger partial charge < -0.3 is 15.0 Å². The zero-order valence-electron chi connectivity index (χ0n) is 7.71. The molecule has 0 radical (unpaired) electrons. The first-order chi connectivity index (χ1) is 7.20. The highest BCUT2D eigenvalue weighted by Crippen LogP contribution is 2.22. The number of aliphatic carboxylic acids is 1. The molecule has 1 saturated heterocycles. The third-order valence-electron chi connectivity index (χ3n) is 2.16. The zero-order chi connectivity index (χ0) is 10.8. The van der Waals surface area contributed by atoms with Crippen LogP contribution in [-0.2, 0) is 4.79 Å². The average molecular weight is 227 g/mol. The number of carbonyl (C=O) groups is 2. The van der Waals surface area contributed by atoms with E-state index in [-0.39, 0.29) is 5.91 Å². The highest BCUT2D eigenvalue weighted by molar-refractivity contribution is 7.99. The molecule has 0 aromatic carbocycles. The first-order valence-corrected chi connectivity index (χ1v) is 5.45. The molecule has 1 atom stereocenters. The number of amides is 1. The molecule has 6 nitrogen and oxygen atoms in total. The molecule has 0 spiro atoms. The van der Waals surface area contributed by atoms with E-state index in [0.29, 0.717) is 17.3 Å². The van der Waals surface area contributed by atoms with Gasteiger partial charge in [0.25, 0.3) is 5.91 Å². The van der Waals surface area contributed by atoms with Gasteiger partial charge in [0.1, 0.15) is 11.7 Å². The summed E-state index contributed by atoms with van der Waals surface area (Å²) in [4.78, 5) is 30.4. The second-order valence-electron chi connectivity index (χ2n) is 3.09. The zero-order valence-corrected chi connectivity index (χ0v) is 8.53. The van der Waals surface area contributed by atoms with Crippen LogP contribution in [-0.4, -0.2) is 49.5 Å². The summed E-state index contributed by atoms with van der Waals surface area (Å²) in [6.07, 6.45) is 2.79. The Morgan fingerprint density at radius 1 is 1.67 bits per heavy atom. The van der Waals surface area contributed by atoms with E-state index < -0.39 is 12.0 Å². The number of rotatable bonds is 2. The fraction of sp³-hybridized carbons (Fsp3) is 0.375. The minimum absolute atomic E-state index is 0.315. The van der Waals surface area contributed by atoms with Crippen LogP contribution in [0.25, 0.3) is 0 Å². The van der Waals surface area contributed by atoms with Crippen LogP contribution in [0.5, 0.6) is 0 Å². The number of hydrogen-bond acceptors (Lipinski definition) is 4. The molecule has 0 bridgehead atoms.